The molecule has 23 heavy (non-hydrogen) atoms. The number of amides is 1. The summed E-state index contributed by atoms with van der Waals surface area (Å²) in [7, 11) is 0. The maximum Gasteiger partial charge on any atom is 0.271 e. The van der Waals surface area contributed by atoms with Crippen LogP contribution in [0.4, 0.5) is 11.4 Å². The molecule has 1 saturated heterocycles. The molecule has 3 rings (SSSR count). The summed E-state index contributed by atoms with van der Waals surface area (Å²) in [4.78, 5) is 25.7. The van der Waals surface area contributed by atoms with Gasteiger partial charge in [-0.2, -0.15) is 0 Å². The highest BCUT2D eigenvalue weighted by Crippen LogP contribution is 2.36. The third kappa shape index (κ3) is 3.40. The van der Waals surface area contributed by atoms with Gasteiger partial charge < -0.3 is 4.90 Å². The van der Waals surface area contributed by atoms with Crippen LogP contribution < -0.4 is 4.90 Å². The fourth-order valence-corrected chi connectivity index (χ4v) is 4.15. The van der Waals surface area contributed by atoms with Gasteiger partial charge in [0.2, 0.25) is 5.91 Å². The van der Waals surface area contributed by atoms with E-state index < -0.39 is 4.92 Å². The van der Waals surface area contributed by atoms with Crippen molar-refractivity contribution in [2.75, 3.05) is 11.4 Å². The number of benzene rings is 2. The van der Waals surface area contributed by atoms with E-state index in [1.807, 2.05) is 24.3 Å². The first kappa shape index (κ1) is 16.0. The summed E-state index contributed by atoms with van der Waals surface area (Å²) in [6.07, 6.45) is 0.716. The van der Waals surface area contributed by atoms with Gasteiger partial charge in [0.1, 0.15) is 0 Å². The Morgan fingerprint density at radius 1 is 1.22 bits per heavy atom. The van der Waals surface area contributed by atoms with Crippen molar-refractivity contribution in [2.24, 2.45) is 0 Å². The minimum Gasteiger partial charge on any atom is -0.311 e. The van der Waals surface area contributed by atoms with Crippen molar-refractivity contribution in [3.63, 3.8) is 0 Å². The number of carbonyl (C=O) groups excluding carboxylic acids is 1. The van der Waals surface area contributed by atoms with Crippen molar-refractivity contribution in [2.45, 2.75) is 16.6 Å². The van der Waals surface area contributed by atoms with E-state index in [1.165, 1.54) is 23.9 Å². The van der Waals surface area contributed by atoms with Crippen LogP contribution in [0.15, 0.2) is 57.9 Å². The molecule has 0 spiro atoms. The molecule has 0 bridgehead atoms. The van der Waals surface area contributed by atoms with Crippen LogP contribution in [0.1, 0.15) is 6.42 Å². The summed E-state index contributed by atoms with van der Waals surface area (Å²) in [5.41, 5.74) is 0.580. The topological polar surface area (TPSA) is 63.5 Å². The van der Waals surface area contributed by atoms with Crippen LogP contribution >= 0.6 is 27.7 Å². The lowest BCUT2D eigenvalue weighted by molar-refractivity contribution is -0.384. The van der Waals surface area contributed by atoms with Crippen LogP contribution in [0.5, 0.6) is 0 Å². The van der Waals surface area contributed by atoms with Crippen LogP contribution in [0.2, 0.25) is 0 Å². The van der Waals surface area contributed by atoms with E-state index in [0.29, 0.717) is 18.7 Å². The quantitative estimate of drug-likeness (QED) is 0.575. The number of anilines is 1. The maximum atomic E-state index is 12.6. The summed E-state index contributed by atoms with van der Waals surface area (Å²) < 4.78 is 0.964. The molecule has 1 aliphatic rings. The highest BCUT2D eigenvalue weighted by atomic mass is 79.9. The molecular weight excluding hydrogens is 380 g/mol. The predicted molar refractivity (Wildman–Crippen MR) is 93.9 cm³/mol. The van der Waals surface area contributed by atoms with Crippen molar-refractivity contribution in [3.8, 4) is 0 Å². The lowest BCUT2D eigenvalue weighted by atomic mass is 10.2. The Kier molecular flexibility index (Phi) is 4.68. The van der Waals surface area contributed by atoms with Crippen molar-refractivity contribution in [3.05, 3.63) is 63.1 Å². The van der Waals surface area contributed by atoms with Gasteiger partial charge >= 0.3 is 0 Å². The molecule has 1 heterocycles. The van der Waals surface area contributed by atoms with E-state index >= 15 is 0 Å². The van der Waals surface area contributed by atoms with Gasteiger partial charge in [0, 0.05) is 28.0 Å². The number of rotatable bonds is 4. The lowest BCUT2D eigenvalue weighted by Gasteiger charge is -2.16. The zero-order valence-corrected chi connectivity index (χ0v) is 14.4. The summed E-state index contributed by atoms with van der Waals surface area (Å²) in [6.45, 7) is 0.572. The molecular formula is C16H13BrN2O3S. The van der Waals surface area contributed by atoms with Crippen LogP contribution in [0.3, 0.4) is 0 Å². The number of nitro groups is 1. The van der Waals surface area contributed by atoms with Crippen molar-refractivity contribution >= 4 is 45.0 Å². The molecule has 1 amide bonds. The highest BCUT2D eigenvalue weighted by Gasteiger charge is 2.34. The molecule has 0 N–H and O–H groups in total. The lowest BCUT2D eigenvalue weighted by Crippen LogP contribution is -2.28. The Hall–Kier alpha value is -1.86. The van der Waals surface area contributed by atoms with E-state index in [-0.39, 0.29) is 16.8 Å². The molecule has 118 valence electrons. The number of nitro benzene ring substituents is 1. The first-order chi connectivity index (χ1) is 11.1. The van der Waals surface area contributed by atoms with Crippen LogP contribution in [0, 0.1) is 10.1 Å². The molecule has 1 fully saturated rings. The first-order valence-corrected chi connectivity index (χ1v) is 8.70. The average molecular weight is 393 g/mol. The Labute approximate surface area is 146 Å². The SMILES string of the molecule is O=C1C(Sc2ccccc2Br)CCN1c1cccc([N+](=O)[O-])c1. The Morgan fingerprint density at radius 3 is 2.74 bits per heavy atom. The average Bonchev–Trinajstić information content (AvgIpc) is 2.91. The Balaban J connectivity index is 1.78. The molecule has 0 radical (unpaired) electrons. The van der Waals surface area contributed by atoms with Gasteiger partial charge in [-0.25, -0.2) is 0 Å². The summed E-state index contributed by atoms with van der Waals surface area (Å²) >= 11 is 5.01. The maximum absolute atomic E-state index is 12.6. The van der Waals surface area contributed by atoms with Gasteiger partial charge in [0.15, 0.2) is 0 Å². The largest absolute Gasteiger partial charge is 0.311 e. The highest BCUT2D eigenvalue weighted by molar-refractivity contribution is 9.10. The van der Waals surface area contributed by atoms with Gasteiger partial charge in [0.05, 0.1) is 15.9 Å². The number of hydrogen-bond donors (Lipinski definition) is 0. The Bertz CT molecular complexity index is 768. The number of carbonyl (C=O) groups is 1. The number of thioether (sulfide) groups is 1. The summed E-state index contributed by atoms with van der Waals surface area (Å²) in [5, 5.41) is 10.7. The number of nitrogens with zero attached hydrogens (tertiary/aromatic N) is 2. The minimum atomic E-state index is -0.447. The molecule has 1 unspecified atom stereocenters. The van der Waals surface area contributed by atoms with Gasteiger partial charge in [-0.3, -0.25) is 14.9 Å². The predicted octanol–water partition coefficient (Wildman–Crippen LogP) is 4.25. The fraction of sp³-hybridized carbons (Fsp3) is 0.188. The molecule has 5 nitrogen and oxygen atoms in total. The fourth-order valence-electron chi connectivity index (χ4n) is 2.49. The van der Waals surface area contributed by atoms with E-state index in [4.69, 9.17) is 0 Å². The molecule has 0 saturated carbocycles. The normalized spacial score (nSPS) is 17.5. The van der Waals surface area contributed by atoms with Crippen LogP contribution in [-0.2, 0) is 4.79 Å². The molecule has 0 aliphatic carbocycles. The van der Waals surface area contributed by atoms with Crippen LogP contribution in [0.25, 0.3) is 0 Å². The van der Waals surface area contributed by atoms with Crippen LogP contribution in [-0.4, -0.2) is 22.6 Å². The van der Waals surface area contributed by atoms with Gasteiger partial charge in [-0.1, -0.05) is 18.2 Å². The molecule has 7 heteroatoms. The third-order valence-electron chi connectivity index (χ3n) is 3.61. The Morgan fingerprint density at radius 2 is 2.00 bits per heavy atom. The van der Waals surface area contributed by atoms with Crippen molar-refractivity contribution < 1.29 is 9.72 Å². The zero-order chi connectivity index (χ0) is 16.4. The molecule has 2 aromatic rings. The van der Waals surface area contributed by atoms with Crippen molar-refractivity contribution in [1.29, 1.82) is 0 Å². The van der Waals surface area contributed by atoms with E-state index in [0.717, 1.165) is 9.37 Å². The van der Waals surface area contributed by atoms with E-state index in [2.05, 4.69) is 15.9 Å². The van der Waals surface area contributed by atoms with Crippen molar-refractivity contribution in [1.82, 2.24) is 0 Å². The minimum absolute atomic E-state index is 0.00259. The van der Waals surface area contributed by atoms with Gasteiger partial charge in [0.25, 0.3) is 5.69 Å². The van der Waals surface area contributed by atoms with Gasteiger partial charge in [-0.05, 0) is 40.5 Å². The number of halogens is 1. The second kappa shape index (κ2) is 6.72. The smallest absolute Gasteiger partial charge is 0.271 e. The molecule has 1 atom stereocenters. The van der Waals surface area contributed by atoms with E-state index in [1.54, 1.807) is 17.0 Å². The van der Waals surface area contributed by atoms with E-state index in [9.17, 15) is 14.9 Å². The summed E-state index contributed by atoms with van der Waals surface area (Å²) in [5.74, 6) is -0.00810. The second-order valence-corrected chi connectivity index (χ2v) is 7.19. The number of non-ortho nitro benzene ring substituents is 1. The summed E-state index contributed by atoms with van der Waals surface area (Å²) in [6, 6.07) is 14.0. The molecule has 0 aromatic heterocycles. The van der Waals surface area contributed by atoms with Gasteiger partial charge in [-0.15, -0.1) is 11.8 Å². The monoisotopic (exact) mass is 392 g/mol. The molecule has 2 aromatic carbocycles. The molecule has 1 aliphatic heterocycles. The second-order valence-electron chi connectivity index (χ2n) is 5.09. The number of hydrogen-bond acceptors (Lipinski definition) is 4. The zero-order valence-electron chi connectivity index (χ0n) is 12.0. The standard InChI is InChI=1S/C16H13BrN2O3S/c17-13-6-1-2-7-14(13)23-15-8-9-18(16(15)20)11-4-3-5-12(10-11)19(21)22/h1-7,10,15H,8-9H2. The first-order valence-electron chi connectivity index (χ1n) is 7.03. The third-order valence-corrected chi connectivity index (χ3v) is 5.90.